The molecule has 2 aliphatic rings. The summed E-state index contributed by atoms with van der Waals surface area (Å²) in [4.78, 5) is 13.6. The van der Waals surface area contributed by atoms with Gasteiger partial charge in [-0.25, -0.2) is 4.72 Å². The van der Waals surface area contributed by atoms with E-state index in [1.54, 1.807) is 4.90 Å². The molecule has 1 N–H and O–H groups in total. The van der Waals surface area contributed by atoms with Crippen molar-refractivity contribution in [3.8, 4) is 0 Å². The first kappa shape index (κ1) is 15.7. The molecule has 0 aliphatic carbocycles. The zero-order valence-corrected chi connectivity index (χ0v) is 13.0. The van der Waals surface area contributed by atoms with Crippen molar-refractivity contribution in [2.75, 3.05) is 26.2 Å². The Morgan fingerprint density at radius 3 is 2.40 bits per heavy atom. The highest BCUT2D eigenvalue weighted by Gasteiger charge is 2.27. The maximum absolute atomic E-state index is 12.2. The van der Waals surface area contributed by atoms with Gasteiger partial charge in [0.2, 0.25) is 5.91 Å². The molecule has 116 valence electrons. The lowest BCUT2D eigenvalue weighted by Crippen LogP contribution is -2.50. The first-order valence-corrected chi connectivity index (χ1v) is 8.99. The average Bonchev–Trinajstić information content (AvgIpc) is 2.46. The molecule has 2 aliphatic heterocycles. The van der Waals surface area contributed by atoms with Gasteiger partial charge in [-0.1, -0.05) is 6.42 Å². The zero-order chi connectivity index (χ0) is 14.6. The molecule has 0 bridgehead atoms. The zero-order valence-electron chi connectivity index (χ0n) is 12.2. The predicted octanol–water partition coefficient (Wildman–Crippen LogP) is 0.708. The van der Waals surface area contributed by atoms with Gasteiger partial charge in [-0.05, 0) is 32.6 Å². The average molecular weight is 303 g/mol. The first-order chi connectivity index (χ1) is 9.50. The van der Waals surface area contributed by atoms with Gasteiger partial charge in [-0.3, -0.25) is 4.79 Å². The fourth-order valence-corrected chi connectivity index (χ4v) is 4.20. The number of nitrogens with one attached hydrogen (secondary N) is 1. The highest BCUT2D eigenvalue weighted by molar-refractivity contribution is 7.87. The molecule has 0 aromatic rings. The van der Waals surface area contributed by atoms with Crippen LogP contribution in [0.1, 0.15) is 45.4 Å². The smallest absolute Gasteiger partial charge is 0.279 e. The van der Waals surface area contributed by atoms with Crippen molar-refractivity contribution >= 4 is 16.1 Å². The lowest BCUT2D eigenvalue weighted by molar-refractivity contribution is -0.135. The Bertz CT molecular complexity index is 432. The Labute approximate surface area is 121 Å². The molecule has 7 heteroatoms. The first-order valence-electron chi connectivity index (χ1n) is 7.55. The second-order valence-electron chi connectivity index (χ2n) is 5.71. The SMILES string of the molecule is CC(CNS(=O)(=O)N1CCCCC1)N1CCCCC1=O. The topological polar surface area (TPSA) is 69.7 Å². The van der Waals surface area contributed by atoms with Crippen LogP contribution in [0.3, 0.4) is 0 Å². The molecule has 1 amide bonds. The number of rotatable bonds is 5. The molecule has 6 nitrogen and oxygen atoms in total. The van der Waals surface area contributed by atoms with E-state index in [1.807, 2.05) is 6.92 Å². The molecule has 20 heavy (non-hydrogen) atoms. The minimum absolute atomic E-state index is 0.0811. The third-order valence-electron chi connectivity index (χ3n) is 4.11. The van der Waals surface area contributed by atoms with Crippen molar-refractivity contribution in [3.05, 3.63) is 0 Å². The van der Waals surface area contributed by atoms with Crippen molar-refractivity contribution in [1.82, 2.24) is 13.9 Å². The summed E-state index contributed by atoms with van der Waals surface area (Å²) in [5, 5.41) is 0. The van der Waals surface area contributed by atoms with Crippen molar-refractivity contribution in [3.63, 3.8) is 0 Å². The van der Waals surface area contributed by atoms with E-state index in [0.717, 1.165) is 38.6 Å². The number of amides is 1. The number of nitrogens with zero attached hydrogens (tertiary/aromatic N) is 2. The van der Waals surface area contributed by atoms with Crippen LogP contribution in [-0.4, -0.2) is 55.8 Å². The number of piperidine rings is 2. The highest BCUT2D eigenvalue weighted by Crippen LogP contribution is 2.15. The Hall–Kier alpha value is -0.660. The van der Waals surface area contributed by atoms with E-state index in [4.69, 9.17) is 0 Å². The predicted molar refractivity (Wildman–Crippen MR) is 77.4 cm³/mol. The quantitative estimate of drug-likeness (QED) is 0.813. The van der Waals surface area contributed by atoms with E-state index in [-0.39, 0.29) is 11.9 Å². The van der Waals surface area contributed by atoms with Crippen molar-refractivity contribution < 1.29 is 13.2 Å². The van der Waals surface area contributed by atoms with Gasteiger partial charge in [0.05, 0.1) is 0 Å². The standard InChI is InChI=1S/C13H25N3O3S/c1-12(16-10-6-3-7-13(16)17)11-14-20(18,19)15-8-4-2-5-9-15/h12,14H,2-11H2,1H3. The fourth-order valence-electron chi connectivity index (χ4n) is 2.83. The summed E-state index contributed by atoms with van der Waals surface area (Å²) in [6.07, 6.45) is 5.51. The largest absolute Gasteiger partial charge is 0.339 e. The van der Waals surface area contributed by atoms with E-state index in [0.29, 0.717) is 26.1 Å². The van der Waals surface area contributed by atoms with Crippen LogP contribution < -0.4 is 4.72 Å². The molecule has 0 aromatic heterocycles. The Balaban J connectivity index is 1.85. The molecule has 0 aromatic carbocycles. The monoisotopic (exact) mass is 303 g/mol. The Kier molecular flexibility index (Phi) is 5.40. The fraction of sp³-hybridized carbons (Fsp3) is 0.923. The van der Waals surface area contributed by atoms with Crippen molar-refractivity contribution in [2.24, 2.45) is 0 Å². The van der Waals surface area contributed by atoms with Crippen LogP contribution in [0.4, 0.5) is 0 Å². The lowest BCUT2D eigenvalue weighted by atomic mass is 10.1. The van der Waals surface area contributed by atoms with Gasteiger partial charge in [0.15, 0.2) is 0 Å². The van der Waals surface area contributed by atoms with E-state index in [1.165, 1.54) is 4.31 Å². The van der Waals surface area contributed by atoms with E-state index < -0.39 is 10.2 Å². The van der Waals surface area contributed by atoms with E-state index >= 15 is 0 Å². The van der Waals surface area contributed by atoms with Crippen LogP contribution in [0.5, 0.6) is 0 Å². The number of carbonyl (C=O) groups is 1. The van der Waals surface area contributed by atoms with Gasteiger partial charge >= 0.3 is 0 Å². The molecule has 0 spiro atoms. The van der Waals surface area contributed by atoms with Crippen molar-refractivity contribution in [2.45, 2.75) is 51.5 Å². The maximum atomic E-state index is 12.2. The van der Waals surface area contributed by atoms with Crippen LogP contribution in [0.2, 0.25) is 0 Å². The molecule has 1 atom stereocenters. The van der Waals surface area contributed by atoms with Crippen LogP contribution in [0.25, 0.3) is 0 Å². The molecule has 1 unspecified atom stereocenters. The van der Waals surface area contributed by atoms with Gasteiger partial charge in [0.25, 0.3) is 10.2 Å². The van der Waals surface area contributed by atoms with Crippen LogP contribution in [0.15, 0.2) is 0 Å². The van der Waals surface area contributed by atoms with Gasteiger partial charge in [-0.15, -0.1) is 0 Å². The third kappa shape index (κ3) is 3.93. The van der Waals surface area contributed by atoms with Crippen molar-refractivity contribution in [1.29, 1.82) is 0 Å². The summed E-state index contributed by atoms with van der Waals surface area (Å²) in [7, 11) is -3.39. The summed E-state index contributed by atoms with van der Waals surface area (Å²) in [5.74, 6) is 0.140. The Morgan fingerprint density at radius 2 is 1.75 bits per heavy atom. The minimum Gasteiger partial charge on any atom is -0.339 e. The van der Waals surface area contributed by atoms with E-state index in [9.17, 15) is 13.2 Å². The number of likely N-dealkylation sites (tertiary alicyclic amines) is 1. The number of carbonyl (C=O) groups excluding carboxylic acids is 1. The molecule has 2 heterocycles. The third-order valence-corrected chi connectivity index (χ3v) is 5.68. The van der Waals surface area contributed by atoms with Crippen LogP contribution >= 0.6 is 0 Å². The molecule has 2 fully saturated rings. The highest BCUT2D eigenvalue weighted by atomic mass is 32.2. The second kappa shape index (κ2) is 6.87. The van der Waals surface area contributed by atoms with Crippen LogP contribution in [-0.2, 0) is 15.0 Å². The van der Waals surface area contributed by atoms with Gasteiger partial charge in [0.1, 0.15) is 0 Å². The Morgan fingerprint density at radius 1 is 1.10 bits per heavy atom. The number of hydrogen-bond acceptors (Lipinski definition) is 3. The summed E-state index contributed by atoms with van der Waals surface area (Å²) in [6, 6.07) is -0.0811. The summed E-state index contributed by atoms with van der Waals surface area (Å²) in [6.45, 7) is 4.15. The summed E-state index contributed by atoms with van der Waals surface area (Å²) >= 11 is 0. The lowest BCUT2D eigenvalue weighted by Gasteiger charge is -2.33. The van der Waals surface area contributed by atoms with Gasteiger partial charge in [-0.2, -0.15) is 12.7 Å². The molecule has 2 saturated heterocycles. The summed E-state index contributed by atoms with van der Waals surface area (Å²) < 4.78 is 28.5. The molecule has 2 rings (SSSR count). The molecular formula is C13H25N3O3S. The number of hydrogen-bond donors (Lipinski definition) is 1. The molecular weight excluding hydrogens is 278 g/mol. The summed E-state index contributed by atoms with van der Waals surface area (Å²) in [5.41, 5.74) is 0. The van der Waals surface area contributed by atoms with E-state index in [2.05, 4.69) is 4.72 Å². The van der Waals surface area contributed by atoms with Gasteiger partial charge in [0, 0.05) is 38.6 Å². The maximum Gasteiger partial charge on any atom is 0.279 e. The van der Waals surface area contributed by atoms with Crippen LogP contribution in [0, 0.1) is 0 Å². The molecule has 0 radical (unpaired) electrons. The van der Waals surface area contributed by atoms with Gasteiger partial charge < -0.3 is 4.90 Å². The minimum atomic E-state index is -3.39. The normalized spacial score (nSPS) is 23.9. The second-order valence-corrected chi connectivity index (χ2v) is 7.46. The molecule has 0 saturated carbocycles.